The van der Waals surface area contributed by atoms with E-state index in [2.05, 4.69) is 0 Å². The first-order valence-electron chi connectivity index (χ1n) is 12.2. The second-order valence-corrected chi connectivity index (χ2v) is 9.83. The molecule has 1 aliphatic heterocycles. The summed E-state index contributed by atoms with van der Waals surface area (Å²) in [6, 6.07) is 12.4. The number of Topliss-reactive ketones (excluding diaryl/α,β-unsaturated/α-hetero) is 1. The van der Waals surface area contributed by atoms with Crippen LogP contribution in [0.1, 0.15) is 56.6 Å². The van der Waals surface area contributed by atoms with Crippen LogP contribution in [-0.4, -0.2) is 43.4 Å². The summed E-state index contributed by atoms with van der Waals surface area (Å²) in [6.45, 7) is 6.05. The average molecular weight is 492 g/mol. The van der Waals surface area contributed by atoms with Crippen molar-refractivity contribution in [2.75, 3.05) is 20.8 Å². The Kier molecular flexibility index (Phi) is 7.48. The van der Waals surface area contributed by atoms with Crippen LogP contribution in [0.5, 0.6) is 17.2 Å². The smallest absolute Gasteiger partial charge is 0.315 e. The zero-order valence-corrected chi connectivity index (χ0v) is 21.4. The summed E-state index contributed by atoms with van der Waals surface area (Å²) in [7, 11) is 3.17. The van der Waals surface area contributed by atoms with Crippen LogP contribution in [0, 0.1) is 11.8 Å². The maximum absolute atomic E-state index is 13.7. The number of hydrogen-bond acceptors (Lipinski definition) is 7. The number of ether oxygens (including phenoxy) is 3. The van der Waals surface area contributed by atoms with Gasteiger partial charge in [0.05, 0.1) is 20.8 Å². The Morgan fingerprint density at radius 1 is 1.06 bits per heavy atom. The third kappa shape index (κ3) is 5.01. The maximum atomic E-state index is 13.7. The van der Waals surface area contributed by atoms with Gasteiger partial charge in [0.25, 0.3) is 0 Å². The minimum Gasteiger partial charge on any atom is -0.508 e. The molecule has 2 aliphatic rings. The summed E-state index contributed by atoms with van der Waals surface area (Å²) in [5.74, 6) is -0.339. The van der Waals surface area contributed by atoms with Crippen LogP contribution in [-0.2, 0) is 14.3 Å². The van der Waals surface area contributed by atoms with Gasteiger partial charge in [-0.05, 0) is 60.6 Å². The van der Waals surface area contributed by atoms with E-state index < -0.39 is 17.8 Å². The molecule has 3 unspecified atom stereocenters. The van der Waals surface area contributed by atoms with Crippen molar-refractivity contribution in [1.29, 1.82) is 0 Å². The molecule has 0 saturated carbocycles. The molecule has 0 aromatic heterocycles. The zero-order chi connectivity index (χ0) is 26.0. The molecule has 7 heteroatoms. The minimum absolute atomic E-state index is 0.0534. The first-order valence-corrected chi connectivity index (χ1v) is 12.2. The van der Waals surface area contributed by atoms with E-state index in [1.54, 1.807) is 32.4 Å². The molecule has 0 fully saturated rings. The highest BCUT2D eigenvalue weighted by atomic mass is 16.5. The fourth-order valence-corrected chi connectivity index (χ4v) is 5.12. The number of carbonyl (C=O) groups is 2. The molecule has 1 aliphatic carbocycles. The van der Waals surface area contributed by atoms with E-state index in [0.29, 0.717) is 40.5 Å². The molecule has 1 N–H and O–H groups in total. The summed E-state index contributed by atoms with van der Waals surface area (Å²) in [4.78, 5) is 31.7. The van der Waals surface area contributed by atoms with E-state index >= 15 is 0 Å². The first kappa shape index (κ1) is 25.5. The largest absolute Gasteiger partial charge is 0.508 e. The SMILES string of the molecule is COc1ccc(C2CC(=O)C3=C(C2)N=C(C)C(C(=O)OCC(C)C)C3c2cccc(O)c2)cc1OC. The van der Waals surface area contributed by atoms with E-state index in [-0.39, 0.29) is 36.4 Å². The van der Waals surface area contributed by atoms with Crippen LogP contribution in [0.2, 0.25) is 0 Å². The fraction of sp³-hybridized carbons (Fsp3) is 0.414. The molecule has 0 radical (unpaired) electrons. The lowest BCUT2D eigenvalue weighted by Crippen LogP contribution is -2.38. The van der Waals surface area contributed by atoms with Gasteiger partial charge in [-0.3, -0.25) is 14.6 Å². The Bertz CT molecular complexity index is 1230. The Labute approximate surface area is 211 Å². The van der Waals surface area contributed by atoms with Crippen molar-refractivity contribution in [3.8, 4) is 17.2 Å². The molecule has 36 heavy (non-hydrogen) atoms. The number of allylic oxidation sites excluding steroid dienone is 2. The van der Waals surface area contributed by atoms with Crippen molar-refractivity contribution in [2.24, 2.45) is 16.8 Å². The minimum atomic E-state index is -0.731. The van der Waals surface area contributed by atoms with Gasteiger partial charge in [0.1, 0.15) is 11.7 Å². The number of aromatic hydroxyl groups is 1. The van der Waals surface area contributed by atoms with Gasteiger partial charge in [-0.25, -0.2) is 0 Å². The van der Waals surface area contributed by atoms with Crippen LogP contribution in [0.15, 0.2) is 58.7 Å². The van der Waals surface area contributed by atoms with E-state index in [1.165, 1.54) is 0 Å². The molecule has 4 rings (SSSR count). The van der Waals surface area contributed by atoms with Gasteiger partial charge in [0, 0.05) is 29.3 Å². The molecule has 3 atom stereocenters. The average Bonchev–Trinajstić information content (AvgIpc) is 2.85. The molecule has 7 nitrogen and oxygen atoms in total. The van der Waals surface area contributed by atoms with E-state index in [1.807, 2.05) is 45.0 Å². The lowest BCUT2D eigenvalue weighted by Gasteiger charge is -2.36. The van der Waals surface area contributed by atoms with Gasteiger partial charge >= 0.3 is 5.97 Å². The molecule has 0 saturated heterocycles. The lowest BCUT2D eigenvalue weighted by molar-refractivity contribution is -0.147. The van der Waals surface area contributed by atoms with E-state index in [9.17, 15) is 14.7 Å². The Hall–Kier alpha value is -3.61. The number of esters is 1. The number of carbonyl (C=O) groups excluding carboxylic acids is 2. The van der Waals surface area contributed by atoms with Gasteiger partial charge in [0.2, 0.25) is 0 Å². The number of hydrogen-bond donors (Lipinski definition) is 1. The second-order valence-electron chi connectivity index (χ2n) is 9.83. The van der Waals surface area contributed by atoms with Crippen molar-refractivity contribution < 1.29 is 28.9 Å². The summed E-state index contributed by atoms with van der Waals surface area (Å²) < 4.78 is 16.4. The number of aliphatic imine (C=N–C) groups is 1. The molecular formula is C29H33NO6. The third-order valence-electron chi connectivity index (χ3n) is 6.81. The van der Waals surface area contributed by atoms with Crippen LogP contribution >= 0.6 is 0 Å². The van der Waals surface area contributed by atoms with Crippen molar-refractivity contribution in [3.05, 3.63) is 64.9 Å². The summed E-state index contributed by atoms with van der Waals surface area (Å²) in [5.41, 5.74) is 3.49. The maximum Gasteiger partial charge on any atom is 0.315 e. The first-order chi connectivity index (χ1) is 17.2. The standard InChI is InChI=1S/C29H33NO6/c1-16(2)15-36-29(33)26-17(3)30-22-12-20(18-9-10-24(34-4)25(14-18)35-5)13-23(32)28(22)27(26)19-7-6-8-21(31)11-19/h6-11,14,16,20,26-27,31H,12-13,15H2,1-5H3. The van der Waals surface area contributed by atoms with Crippen LogP contribution < -0.4 is 9.47 Å². The highest BCUT2D eigenvalue weighted by Crippen LogP contribution is 2.47. The third-order valence-corrected chi connectivity index (χ3v) is 6.81. The lowest BCUT2D eigenvalue weighted by atomic mass is 9.69. The molecular weight excluding hydrogens is 458 g/mol. The summed E-state index contributed by atoms with van der Waals surface area (Å²) in [5, 5.41) is 10.2. The molecule has 0 bridgehead atoms. The van der Waals surface area contributed by atoms with Crippen molar-refractivity contribution in [1.82, 2.24) is 0 Å². The highest BCUT2D eigenvalue weighted by molar-refractivity contribution is 6.09. The zero-order valence-electron chi connectivity index (χ0n) is 21.4. The molecule has 2 aromatic carbocycles. The van der Waals surface area contributed by atoms with Gasteiger partial charge in [-0.15, -0.1) is 0 Å². The van der Waals surface area contributed by atoms with Crippen molar-refractivity contribution in [3.63, 3.8) is 0 Å². The summed E-state index contributed by atoms with van der Waals surface area (Å²) >= 11 is 0. The van der Waals surface area contributed by atoms with E-state index in [4.69, 9.17) is 19.2 Å². The molecule has 0 spiro atoms. The second kappa shape index (κ2) is 10.6. The van der Waals surface area contributed by atoms with Gasteiger partial charge in [-0.1, -0.05) is 32.0 Å². The molecule has 0 amide bonds. The van der Waals surface area contributed by atoms with Crippen molar-refractivity contribution >= 4 is 17.5 Å². The molecule has 1 heterocycles. The van der Waals surface area contributed by atoms with Crippen molar-refractivity contribution in [2.45, 2.75) is 45.4 Å². The van der Waals surface area contributed by atoms with Crippen LogP contribution in [0.4, 0.5) is 0 Å². The van der Waals surface area contributed by atoms with Gasteiger partial charge in [0.15, 0.2) is 17.3 Å². The Morgan fingerprint density at radius 3 is 2.47 bits per heavy atom. The molecule has 2 aromatic rings. The van der Waals surface area contributed by atoms with E-state index in [0.717, 1.165) is 5.56 Å². The predicted molar refractivity (Wildman–Crippen MR) is 137 cm³/mol. The van der Waals surface area contributed by atoms with Gasteiger partial charge in [-0.2, -0.15) is 0 Å². The number of nitrogens with zero attached hydrogens (tertiary/aromatic N) is 1. The topological polar surface area (TPSA) is 94.4 Å². The number of methoxy groups -OCH3 is 2. The molecule has 190 valence electrons. The summed E-state index contributed by atoms with van der Waals surface area (Å²) in [6.07, 6.45) is 0.836. The normalized spacial score (nSPS) is 21.7. The quantitative estimate of drug-likeness (QED) is 0.536. The monoisotopic (exact) mass is 491 g/mol. The van der Waals surface area contributed by atoms with Gasteiger partial charge < -0.3 is 19.3 Å². The number of benzene rings is 2. The predicted octanol–water partition coefficient (Wildman–Crippen LogP) is 5.18. The number of phenols is 1. The van der Waals surface area contributed by atoms with Crippen LogP contribution in [0.25, 0.3) is 0 Å². The number of phenolic OH excluding ortho intramolecular Hbond substituents is 1. The van der Waals surface area contributed by atoms with Crippen LogP contribution in [0.3, 0.4) is 0 Å². The fourth-order valence-electron chi connectivity index (χ4n) is 5.12. The Balaban J connectivity index is 1.75. The number of rotatable bonds is 7. The Morgan fingerprint density at radius 2 is 1.81 bits per heavy atom. The highest BCUT2D eigenvalue weighted by Gasteiger charge is 2.45. The number of ketones is 1.